The van der Waals surface area contributed by atoms with Crippen molar-refractivity contribution in [2.75, 3.05) is 0 Å². The molecule has 5 fully saturated rings. The number of hydrogen-bond donors (Lipinski definition) is 0. The van der Waals surface area contributed by atoms with Crippen LogP contribution in [-0.2, 0) is 0 Å². The van der Waals surface area contributed by atoms with Gasteiger partial charge in [0.25, 0.3) is 0 Å². The molecule has 0 heteroatoms. The SMILES string of the molecule is C1CC2CC(C1)C2.C1CCC2(CC1)CC2. The van der Waals surface area contributed by atoms with Gasteiger partial charge in [-0.05, 0) is 55.8 Å². The maximum Gasteiger partial charge on any atom is -0.0297 e. The maximum atomic E-state index is 1.58. The van der Waals surface area contributed by atoms with Crippen LogP contribution in [0.15, 0.2) is 0 Å². The highest BCUT2D eigenvalue weighted by molar-refractivity contribution is 4.94. The van der Waals surface area contributed by atoms with E-state index in [9.17, 15) is 0 Å². The molecule has 0 aliphatic heterocycles. The van der Waals surface area contributed by atoms with Crippen molar-refractivity contribution in [2.45, 2.75) is 77.0 Å². The summed E-state index contributed by atoms with van der Waals surface area (Å²) >= 11 is 0. The van der Waals surface area contributed by atoms with E-state index in [0.29, 0.717) is 0 Å². The zero-order chi connectivity index (χ0) is 10.1. The number of hydrogen-bond acceptors (Lipinski definition) is 0. The average molecular weight is 206 g/mol. The second-order valence-corrected chi connectivity index (χ2v) is 6.70. The molecule has 0 aromatic heterocycles. The predicted molar refractivity (Wildman–Crippen MR) is 64.8 cm³/mol. The van der Waals surface area contributed by atoms with Crippen LogP contribution in [-0.4, -0.2) is 0 Å². The minimum Gasteiger partial charge on any atom is -0.0533 e. The molecule has 0 atom stereocenters. The van der Waals surface area contributed by atoms with E-state index >= 15 is 0 Å². The van der Waals surface area contributed by atoms with Crippen LogP contribution in [0, 0.1) is 17.3 Å². The first-order chi connectivity index (χ1) is 7.36. The lowest BCUT2D eigenvalue weighted by Crippen LogP contribution is -2.28. The Morgan fingerprint density at radius 1 is 0.600 bits per heavy atom. The highest BCUT2D eigenvalue weighted by atomic mass is 14.5. The largest absolute Gasteiger partial charge is 0.0533 e. The predicted octanol–water partition coefficient (Wildman–Crippen LogP) is 4.93. The first kappa shape index (κ1) is 10.2. The Morgan fingerprint density at radius 2 is 1.20 bits per heavy atom. The van der Waals surface area contributed by atoms with E-state index in [-0.39, 0.29) is 0 Å². The first-order valence-corrected chi connectivity index (χ1v) is 7.36. The molecule has 0 nitrogen and oxygen atoms in total. The van der Waals surface area contributed by atoms with E-state index < -0.39 is 0 Å². The monoisotopic (exact) mass is 206 g/mol. The minimum absolute atomic E-state index is 0.929. The second kappa shape index (κ2) is 4.11. The molecule has 86 valence electrons. The Balaban J connectivity index is 0.0000000971. The van der Waals surface area contributed by atoms with Gasteiger partial charge >= 0.3 is 0 Å². The van der Waals surface area contributed by atoms with Crippen molar-refractivity contribution in [1.82, 2.24) is 0 Å². The molecule has 0 unspecified atom stereocenters. The summed E-state index contributed by atoms with van der Waals surface area (Å²) in [5, 5.41) is 0. The third kappa shape index (κ3) is 2.40. The van der Waals surface area contributed by atoms with Gasteiger partial charge in [-0.3, -0.25) is 0 Å². The Hall–Kier alpha value is 0. The van der Waals surface area contributed by atoms with Crippen molar-refractivity contribution >= 4 is 0 Å². The van der Waals surface area contributed by atoms with E-state index in [2.05, 4.69) is 0 Å². The normalized spacial score (nSPS) is 40.0. The van der Waals surface area contributed by atoms with E-state index in [1.807, 2.05) is 0 Å². The summed E-state index contributed by atoms with van der Waals surface area (Å²) in [5.74, 6) is 2.36. The topological polar surface area (TPSA) is 0 Å². The number of fused-ring (bicyclic) bond motifs is 2. The van der Waals surface area contributed by atoms with Crippen molar-refractivity contribution in [3.63, 3.8) is 0 Å². The lowest BCUT2D eigenvalue weighted by atomic mass is 9.65. The van der Waals surface area contributed by atoms with Gasteiger partial charge in [-0.2, -0.15) is 0 Å². The van der Waals surface area contributed by atoms with Gasteiger partial charge in [0.05, 0.1) is 0 Å². The molecule has 5 rings (SSSR count). The zero-order valence-corrected chi connectivity index (χ0v) is 10.1. The van der Waals surface area contributed by atoms with Crippen molar-refractivity contribution < 1.29 is 0 Å². The maximum absolute atomic E-state index is 1.58. The number of rotatable bonds is 0. The lowest BCUT2D eigenvalue weighted by Gasteiger charge is -2.40. The highest BCUT2D eigenvalue weighted by Gasteiger charge is 2.42. The summed E-state index contributed by atoms with van der Waals surface area (Å²) in [6.07, 6.45) is 18.6. The molecular formula is C15H26. The van der Waals surface area contributed by atoms with Gasteiger partial charge in [0.2, 0.25) is 0 Å². The Morgan fingerprint density at radius 3 is 1.47 bits per heavy atom. The second-order valence-electron chi connectivity index (χ2n) is 6.70. The van der Waals surface area contributed by atoms with Crippen LogP contribution in [0.2, 0.25) is 0 Å². The van der Waals surface area contributed by atoms with Gasteiger partial charge in [-0.1, -0.05) is 38.5 Å². The third-order valence-corrected chi connectivity index (χ3v) is 5.43. The first-order valence-electron chi connectivity index (χ1n) is 7.36. The molecule has 0 N–H and O–H groups in total. The van der Waals surface area contributed by atoms with Crippen LogP contribution >= 0.6 is 0 Å². The smallest absolute Gasteiger partial charge is 0.0297 e. The molecule has 0 aromatic carbocycles. The zero-order valence-electron chi connectivity index (χ0n) is 10.1. The fourth-order valence-corrected chi connectivity index (χ4v) is 4.02. The van der Waals surface area contributed by atoms with Crippen molar-refractivity contribution in [3.8, 4) is 0 Å². The Bertz CT molecular complexity index is 187. The van der Waals surface area contributed by atoms with Crippen LogP contribution in [0.4, 0.5) is 0 Å². The van der Waals surface area contributed by atoms with Crippen molar-refractivity contribution in [1.29, 1.82) is 0 Å². The molecule has 15 heavy (non-hydrogen) atoms. The van der Waals surface area contributed by atoms with E-state index in [1.165, 1.54) is 37.5 Å². The van der Waals surface area contributed by atoms with Gasteiger partial charge in [-0.25, -0.2) is 0 Å². The van der Waals surface area contributed by atoms with Crippen molar-refractivity contribution in [3.05, 3.63) is 0 Å². The van der Waals surface area contributed by atoms with Crippen LogP contribution < -0.4 is 0 Å². The minimum atomic E-state index is 0.929. The molecule has 0 saturated heterocycles. The molecule has 2 bridgehead atoms. The summed E-state index contributed by atoms with van der Waals surface area (Å²) in [6, 6.07) is 0. The van der Waals surface area contributed by atoms with Gasteiger partial charge in [0, 0.05) is 0 Å². The summed E-state index contributed by atoms with van der Waals surface area (Å²) in [7, 11) is 0. The standard InChI is InChI=1S/C8H14.C7H12/c1-2-4-8(5-3-1)6-7-8;1-2-6-4-7(3-1)5-6/h1-7H2;6-7H,1-5H2. The van der Waals surface area contributed by atoms with E-state index in [1.54, 1.807) is 51.4 Å². The molecule has 1 spiro atoms. The van der Waals surface area contributed by atoms with Gasteiger partial charge in [-0.15, -0.1) is 0 Å². The molecule has 0 amide bonds. The average Bonchev–Trinajstić information content (AvgIpc) is 3.00. The Labute approximate surface area is 94.8 Å². The fraction of sp³-hybridized carbons (Fsp3) is 1.00. The highest BCUT2D eigenvalue weighted by Crippen LogP contribution is 2.55. The van der Waals surface area contributed by atoms with Crippen LogP contribution in [0.5, 0.6) is 0 Å². The molecule has 5 aliphatic carbocycles. The third-order valence-electron chi connectivity index (χ3n) is 5.43. The molecule has 5 aliphatic rings. The van der Waals surface area contributed by atoms with Gasteiger partial charge in [0.15, 0.2) is 0 Å². The van der Waals surface area contributed by atoms with Gasteiger partial charge in [0.1, 0.15) is 0 Å². The summed E-state index contributed by atoms with van der Waals surface area (Å²) in [6.45, 7) is 0. The summed E-state index contributed by atoms with van der Waals surface area (Å²) < 4.78 is 0. The summed E-state index contributed by atoms with van der Waals surface area (Å²) in [4.78, 5) is 0. The van der Waals surface area contributed by atoms with Crippen LogP contribution in [0.25, 0.3) is 0 Å². The lowest BCUT2D eigenvalue weighted by molar-refractivity contribution is 0.116. The van der Waals surface area contributed by atoms with Crippen LogP contribution in [0.1, 0.15) is 77.0 Å². The van der Waals surface area contributed by atoms with Crippen LogP contribution in [0.3, 0.4) is 0 Å². The molecular weight excluding hydrogens is 180 g/mol. The van der Waals surface area contributed by atoms with E-state index in [4.69, 9.17) is 0 Å². The molecule has 0 aromatic rings. The van der Waals surface area contributed by atoms with E-state index in [0.717, 1.165) is 5.41 Å². The quantitative estimate of drug-likeness (QED) is 0.527. The van der Waals surface area contributed by atoms with Crippen molar-refractivity contribution in [2.24, 2.45) is 17.3 Å². The molecule has 5 saturated carbocycles. The van der Waals surface area contributed by atoms with Gasteiger partial charge < -0.3 is 0 Å². The summed E-state index contributed by atoms with van der Waals surface area (Å²) in [5.41, 5.74) is 0.929. The fourth-order valence-electron chi connectivity index (χ4n) is 4.02. The molecule has 0 heterocycles. The Kier molecular flexibility index (Phi) is 2.79. The molecule has 0 radical (unpaired) electrons.